The van der Waals surface area contributed by atoms with E-state index in [1.54, 1.807) is 5.57 Å². The van der Waals surface area contributed by atoms with Gasteiger partial charge in [0.05, 0.1) is 0 Å². The van der Waals surface area contributed by atoms with Crippen LogP contribution in [0.25, 0.3) is 0 Å². The minimum absolute atomic E-state index is 0. The Morgan fingerprint density at radius 2 is 2.27 bits per heavy atom. The van der Waals surface area contributed by atoms with Crippen molar-refractivity contribution >= 4 is 11.0 Å². The minimum Gasteiger partial charge on any atom is -0.0998 e. The molecule has 0 radical (unpaired) electrons. The Balaban J connectivity index is 0.000001000. The molecule has 0 saturated heterocycles. The lowest BCUT2D eigenvalue weighted by atomic mass is 9.86. The van der Waals surface area contributed by atoms with Crippen molar-refractivity contribution in [2.45, 2.75) is 33.1 Å². The van der Waals surface area contributed by atoms with Crippen LogP contribution in [-0.2, 0) is 0 Å². The quantitative estimate of drug-likeness (QED) is 0.414. The average Bonchev–Trinajstić information content (AvgIpc) is 1.88. The first-order chi connectivity index (χ1) is 4.70. The van der Waals surface area contributed by atoms with E-state index in [0.29, 0.717) is 0 Å². The summed E-state index contributed by atoms with van der Waals surface area (Å²) in [7, 11) is 0. The molecule has 0 saturated carbocycles. The number of hydrogen-bond donors (Lipinski definition) is 0. The zero-order valence-corrected chi connectivity index (χ0v) is 6.98. The number of rotatable bonds is 1. The van der Waals surface area contributed by atoms with E-state index in [4.69, 9.17) is 0 Å². The Kier molecular flexibility index (Phi) is 4.42. The van der Waals surface area contributed by atoms with Crippen molar-refractivity contribution in [1.82, 2.24) is 0 Å². The number of allylic oxidation sites excluding steroid dienone is 3. The highest BCUT2D eigenvalue weighted by molar-refractivity contribution is 5.75. The fourth-order valence-electron chi connectivity index (χ4n) is 1.41. The average molecular weight is 168 g/mol. The van der Waals surface area contributed by atoms with Crippen LogP contribution >= 0.6 is 0 Å². The normalized spacial score (nSPS) is 23.5. The molecule has 11 heavy (non-hydrogen) atoms. The second-order valence-electron chi connectivity index (χ2n) is 3.37. The van der Waals surface area contributed by atoms with E-state index < -0.39 is 0 Å². The molecule has 1 aliphatic rings. The largest absolute Gasteiger partial charge is 0.0998 e. The van der Waals surface area contributed by atoms with Crippen molar-refractivity contribution in [3.63, 3.8) is 0 Å². The maximum Gasteiger partial charge on any atom is -0.0149 e. The van der Waals surface area contributed by atoms with Gasteiger partial charge in [-0.05, 0) is 50.0 Å². The van der Waals surface area contributed by atoms with Crippen molar-refractivity contribution in [3.8, 4) is 0 Å². The van der Waals surface area contributed by atoms with Gasteiger partial charge in [0.25, 0.3) is 0 Å². The summed E-state index contributed by atoms with van der Waals surface area (Å²) in [5.74, 6) is 0.767. The van der Waals surface area contributed by atoms with E-state index in [1.807, 2.05) is 0 Å². The molecule has 0 aromatic heterocycles. The molecule has 1 aliphatic carbocycles. The van der Waals surface area contributed by atoms with E-state index in [1.165, 1.54) is 24.8 Å². The summed E-state index contributed by atoms with van der Waals surface area (Å²) >= 11 is 0. The van der Waals surface area contributed by atoms with Crippen molar-refractivity contribution in [3.05, 3.63) is 23.8 Å². The topological polar surface area (TPSA) is 0 Å². The second-order valence-corrected chi connectivity index (χ2v) is 3.37. The fraction of sp³-hybridized carbons (Fsp3) is 0.600. The first-order valence-corrected chi connectivity index (χ1v) is 4.01. The summed E-state index contributed by atoms with van der Waals surface area (Å²) in [6, 6.07) is 0. The van der Waals surface area contributed by atoms with Crippen molar-refractivity contribution in [1.29, 1.82) is 0 Å². The third-order valence-corrected chi connectivity index (χ3v) is 2.33. The first kappa shape index (κ1) is 10.7. The van der Waals surface area contributed by atoms with Gasteiger partial charge in [0.15, 0.2) is 0 Å². The Morgan fingerprint density at radius 3 is 2.64 bits per heavy atom. The Bertz CT molecular complexity index is 168. The highest BCUT2D eigenvalue weighted by Crippen LogP contribution is 2.27. The molecule has 0 amide bonds. The molecule has 1 unspecified atom stereocenters. The van der Waals surface area contributed by atoms with Crippen LogP contribution in [0, 0.1) is 5.92 Å². The van der Waals surface area contributed by atoms with Gasteiger partial charge >= 0.3 is 0 Å². The summed E-state index contributed by atoms with van der Waals surface area (Å²) in [6.07, 6.45) is 6.17. The van der Waals surface area contributed by atoms with Crippen LogP contribution < -0.4 is 0 Å². The molecule has 1 atom stereocenters. The lowest BCUT2D eigenvalue weighted by Crippen LogP contribution is -2.04. The predicted octanol–water partition coefficient (Wildman–Crippen LogP) is 1.86. The Morgan fingerprint density at radius 1 is 1.64 bits per heavy atom. The van der Waals surface area contributed by atoms with Crippen LogP contribution in [0.1, 0.15) is 33.1 Å². The van der Waals surface area contributed by atoms with Gasteiger partial charge in [-0.2, -0.15) is 0 Å². The minimum atomic E-state index is 0. The zero-order chi connectivity index (χ0) is 7.56. The van der Waals surface area contributed by atoms with Gasteiger partial charge in [-0.15, -0.1) is 0 Å². The van der Waals surface area contributed by atoms with Gasteiger partial charge in [-0.25, -0.2) is 0 Å². The maximum atomic E-state index is 3.97. The van der Waals surface area contributed by atoms with Gasteiger partial charge in [-0.3, -0.25) is 0 Å². The molecule has 0 aromatic rings. The van der Waals surface area contributed by atoms with E-state index in [9.17, 15) is 0 Å². The fourth-order valence-corrected chi connectivity index (χ4v) is 1.41. The highest BCUT2D eigenvalue weighted by atomic mass is 28.1. The maximum absolute atomic E-state index is 3.97. The van der Waals surface area contributed by atoms with Gasteiger partial charge in [0.2, 0.25) is 0 Å². The summed E-state index contributed by atoms with van der Waals surface area (Å²) in [5, 5.41) is 0. The molecule has 1 rings (SSSR count). The van der Waals surface area contributed by atoms with Crippen LogP contribution in [0.3, 0.4) is 0 Å². The van der Waals surface area contributed by atoms with E-state index in [-0.39, 0.29) is 11.0 Å². The van der Waals surface area contributed by atoms with E-state index >= 15 is 0 Å². The standard InChI is InChI=1S/C10H16.H4Si/c1-8(2)10-6-4-9(3)5-7-10;/h4,10H,1,5-7H2,2-3H3;1H4. The third kappa shape index (κ3) is 3.06. The second kappa shape index (κ2) is 4.55. The molecule has 0 heterocycles. The van der Waals surface area contributed by atoms with Crippen LogP contribution in [0.2, 0.25) is 0 Å². The molecule has 0 N–H and O–H groups in total. The van der Waals surface area contributed by atoms with Crippen molar-refractivity contribution in [2.24, 2.45) is 5.92 Å². The van der Waals surface area contributed by atoms with Crippen LogP contribution in [0.5, 0.6) is 0 Å². The van der Waals surface area contributed by atoms with E-state index in [0.717, 1.165) is 5.92 Å². The highest BCUT2D eigenvalue weighted by Gasteiger charge is 2.11. The molecule has 0 nitrogen and oxygen atoms in total. The Hall–Kier alpha value is -0.303. The molecule has 64 valence electrons. The van der Waals surface area contributed by atoms with Gasteiger partial charge in [-0.1, -0.05) is 23.8 Å². The third-order valence-electron chi connectivity index (χ3n) is 2.33. The van der Waals surface area contributed by atoms with Gasteiger partial charge in [0.1, 0.15) is 0 Å². The summed E-state index contributed by atoms with van der Waals surface area (Å²) in [6.45, 7) is 8.33. The molecule has 0 spiro atoms. The zero-order valence-electron chi connectivity index (χ0n) is 6.98. The number of hydrogen-bond acceptors (Lipinski definition) is 0. The van der Waals surface area contributed by atoms with Gasteiger partial charge in [0, 0.05) is 0 Å². The lowest BCUT2D eigenvalue weighted by molar-refractivity contribution is 0.540. The molecule has 0 fully saturated rings. The van der Waals surface area contributed by atoms with Crippen LogP contribution in [0.4, 0.5) is 0 Å². The molecule has 0 aromatic carbocycles. The van der Waals surface area contributed by atoms with Crippen LogP contribution in [-0.4, -0.2) is 11.0 Å². The molecule has 0 bridgehead atoms. The smallest absolute Gasteiger partial charge is 0.0149 e. The molecular weight excluding hydrogens is 148 g/mol. The monoisotopic (exact) mass is 168 g/mol. The van der Waals surface area contributed by atoms with Crippen LogP contribution in [0.15, 0.2) is 23.8 Å². The summed E-state index contributed by atoms with van der Waals surface area (Å²) < 4.78 is 0. The van der Waals surface area contributed by atoms with Gasteiger partial charge < -0.3 is 0 Å². The summed E-state index contributed by atoms with van der Waals surface area (Å²) in [5.41, 5.74) is 2.90. The van der Waals surface area contributed by atoms with E-state index in [2.05, 4.69) is 26.5 Å². The lowest BCUT2D eigenvalue weighted by Gasteiger charge is -2.19. The molecular formula is C10H20Si. The van der Waals surface area contributed by atoms with Crippen molar-refractivity contribution in [2.75, 3.05) is 0 Å². The first-order valence-electron chi connectivity index (χ1n) is 4.01. The van der Waals surface area contributed by atoms with Crippen molar-refractivity contribution < 1.29 is 0 Å². The predicted molar refractivity (Wildman–Crippen MR) is 57.2 cm³/mol. The molecule has 0 aliphatic heterocycles. The molecule has 1 heteroatoms. The Labute approximate surface area is 74.4 Å². The summed E-state index contributed by atoms with van der Waals surface area (Å²) in [4.78, 5) is 0. The SMILES string of the molecule is C=C(C)C1CC=C(C)CC1.[SiH4].